The van der Waals surface area contributed by atoms with Crippen molar-refractivity contribution in [1.82, 2.24) is 15.5 Å². The predicted octanol–water partition coefficient (Wildman–Crippen LogP) is 3.78. The molecule has 0 amide bonds. The SMILES string of the molecule is CC[C@H]1OC(=O)[C@H](C)[C@@H](O[C@H]2C[C@@](C)(OC)[C@](O)(CNC3CCOCC3)[C@H](C)O2)[C@H](C)[C@@H](O[C@@H]2O[C@H](C)C[C@H](N(C)C)[C@H]2Oc2ccccc2)[C@](C)(O)C[C@@H](C)CN[C@H](C)[C@@H](O)[C@]1(C)O. The lowest BCUT2D eigenvalue weighted by Gasteiger charge is -2.54. The lowest BCUT2D eigenvalue weighted by molar-refractivity contribution is -0.336. The maximum absolute atomic E-state index is 14.6. The highest BCUT2D eigenvalue weighted by atomic mass is 16.7. The van der Waals surface area contributed by atoms with Gasteiger partial charge in [-0.3, -0.25) is 4.79 Å². The Morgan fingerprint density at radius 1 is 0.923 bits per heavy atom. The third-order valence-corrected chi connectivity index (χ3v) is 15.1. The molecule has 0 spiro atoms. The molecule has 4 heterocycles. The Morgan fingerprint density at radius 3 is 2.20 bits per heavy atom. The highest BCUT2D eigenvalue weighted by Gasteiger charge is 2.59. The fraction of sp³-hybridized carbons (Fsp3) is 0.857. The lowest BCUT2D eigenvalue weighted by Crippen LogP contribution is -2.70. The summed E-state index contributed by atoms with van der Waals surface area (Å²) in [5.74, 6) is -2.00. The number of ether oxygens (including phenoxy) is 8. The van der Waals surface area contributed by atoms with E-state index >= 15 is 0 Å². The maximum Gasteiger partial charge on any atom is 0.311 e. The summed E-state index contributed by atoms with van der Waals surface area (Å²) >= 11 is 0. The molecule has 0 aromatic heterocycles. The minimum atomic E-state index is -1.82. The van der Waals surface area contributed by atoms with E-state index in [1.54, 1.807) is 41.7 Å². The number of hydrogen-bond acceptors (Lipinski definition) is 16. The molecule has 0 unspecified atom stereocenters. The van der Waals surface area contributed by atoms with Gasteiger partial charge in [0.15, 0.2) is 18.7 Å². The molecular weight excluding hydrogens is 839 g/mol. The van der Waals surface area contributed by atoms with Gasteiger partial charge < -0.3 is 73.9 Å². The van der Waals surface area contributed by atoms with Crippen LogP contribution in [0.1, 0.15) is 108 Å². The normalized spacial score (nSPS) is 44.5. The zero-order valence-electron chi connectivity index (χ0n) is 41.5. The summed E-state index contributed by atoms with van der Waals surface area (Å²) in [5, 5.41) is 55.6. The number of carbonyl (C=O) groups excluding carboxylic acids is 1. The zero-order valence-corrected chi connectivity index (χ0v) is 41.5. The lowest BCUT2D eigenvalue weighted by atomic mass is 9.75. The summed E-state index contributed by atoms with van der Waals surface area (Å²) in [7, 11) is 5.55. The van der Waals surface area contributed by atoms with Gasteiger partial charge >= 0.3 is 5.97 Å². The number of carbonyl (C=O) groups is 1. The zero-order chi connectivity index (χ0) is 48.1. The van der Waals surface area contributed by atoms with Crippen molar-refractivity contribution in [1.29, 1.82) is 0 Å². The van der Waals surface area contributed by atoms with Crippen molar-refractivity contribution in [3.05, 3.63) is 30.3 Å². The Kier molecular flexibility index (Phi) is 18.7. The second kappa shape index (κ2) is 22.6. The number of nitrogens with zero attached hydrogens (tertiary/aromatic N) is 1. The van der Waals surface area contributed by atoms with E-state index in [1.165, 1.54) is 6.92 Å². The van der Waals surface area contributed by atoms with Gasteiger partial charge in [-0.2, -0.15) is 0 Å². The maximum atomic E-state index is 14.6. The minimum absolute atomic E-state index is 0.0898. The molecular formula is C49H85N3O13. The number of aliphatic hydroxyl groups excluding tert-OH is 1. The summed E-state index contributed by atoms with van der Waals surface area (Å²) in [6, 6.07) is 8.93. The number of nitrogens with one attached hydrogen (secondary N) is 2. The molecule has 1 aromatic carbocycles. The van der Waals surface area contributed by atoms with Gasteiger partial charge in [-0.15, -0.1) is 0 Å². The van der Waals surface area contributed by atoms with Crippen LogP contribution >= 0.6 is 0 Å². The summed E-state index contributed by atoms with van der Waals surface area (Å²) in [6.45, 7) is 19.8. The number of esters is 1. The van der Waals surface area contributed by atoms with E-state index in [1.807, 2.05) is 72.1 Å². The van der Waals surface area contributed by atoms with Gasteiger partial charge in [0.25, 0.3) is 0 Å². The summed E-state index contributed by atoms with van der Waals surface area (Å²) < 4.78 is 52.0. The van der Waals surface area contributed by atoms with E-state index in [9.17, 15) is 25.2 Å². The van der Waals surface area contributed by atoms with Crippen molar-refractivity contribution < 1.29 is 63.1 Å². The van der Waals surface area contributed by atoms with E-state index in [0.29, 0.717) is 31.9 Å². The van der Waals surface area contributed by atoms with Crippen LogP contribution in [0.3, 0.4) is 0 Å². The molecule has 0 saturated carbocycles. The molecule has 18 atom stereocenters. The number of hydrogen-bond donors (Lipinski definition) is 6. The van der Waals surface area contributed by atoms with Gasteiger partial charge in [-0.25, -0.2) is 0 Å². The van der Waals surface area contributed by atoms with E-state index in [-0.39, 0.29) is 49.9 Å². The van der Waals surface area contributed by atoms with Crippen molar-refractivity contribution in [2.24, 2.45) is 17.8 Å². The molecule has 4 aliphatic rings. The largest absolute Gasteiger partial charge is 0.483 e. The molecule has 5 rings (SSSR count). The number of benzene rings is 1. The number of methoxy groups -OCH3 is 1. The highest BCUT2D eigenvalue weighted by Crippen LogP contribution is 2.43. The van der Waals surface area contributed by atoms with E-state index in [4.69, 9.17) is 37.9 Å². The molecule has 65 heavy (non-hydrogen) atoms. The Labute approximate surface area is 388 Å². The van der Waals surface area contributed by atoms with E-state index in [2.05, 4.69) is 15.5 Å². The van der Waals surface area contributed by atoms with Gasteiger partial charge in [0.05, 0.1) is 42.0 Å². The van der Waals surface area contributed by atoms with Crippen LogP contribution in [0.25, 0.3) is 0 Å². The Balaban J connectivity index is 1.57. The number of aliphatic hydroxyl groups is 4. The van der Waals surface area contributed by atoms with Crippen molar-refractivity contribution in [2.45, 2.75) is 204 Å². The van der Waals surface area contributed by atoms with Crippen LogP contribution < -0.4 is 15.4 Å². The summed E-state index contributed by atoms with van der Waals surface area (Å²) in [5.41, 5.74) is -6.03. The number of likely N-dealkylation sites (N-methyl/N-ethyl adjacent to an activating group) is 1. The molecule has 0 aliphatic carbocycles. The van der Waals surface area contributed by atoms with Crippen molar-refractivity contribution in [2.75, 3.05) is 47.5 Å². The highest BCUT2D eigenvalue weighted by molar-refractivity contribution is 5.73. The molecule has 0 bridgehead atoms. The van der Waals surface area contributed by atoms with E-state index in [0.717, 1.165) is 12.8 Å². The predicted molar refractivity (Wildman–Crippen MR) is 245 cm³/mol. The number of cyclic esters (lactones) is 1. The third-order valence-electron chi connectivity index (χ3n) is 15.1. The van der Waals surface area contributed by atoms with Crippen LogP contribution in [0.5, 0.6) is 5.75 Å². The monoisotopic (exact) mass is 924 g/mol. The topological polar surface area (TPSA) is 199 Å². The fourth-order valence-electron chi connectivity index (χ4n) is 10.7. The first-order valence-electron chi connectivity index (χ1n) is 24.1. The van der Waals surface area contributed by atoms with Crippen molar-refractivity contribution in [3.8, 4) is 5.75 Å². The Hall–Kier alpha value is -2.03. The third kappa shape index (κ3) is 12.6. The van der Waals surface area contributed by atoms with Crippen LogP contribution in [-0.2, 0) is 38.0 Å². The molecule has 16 nitrogen and oxygen atoms in total. The molecule has 0 radical (unpaired) electrons. The molecule has 4 fully saturated rings. The molecule has 6 N–H and O–H groups in total. The van der Waals surface area contributed by atoms with Crippen molar-refractivity contribution in [3.63, 3.8) is 0 Å². The minimum Gasteiger partial charge on any atom is -0.483 e. The smallest absolute Gasteiger partial charge is 0.311 e. The van der Waals surface area contributed by atoms with Gasteiger partial charge in [0.1, 0.15) is 34.8 Å². The van der Waals surface area contributed by atoms with Crippen LogP contribution in [0.2, 0.25) is 0 Å². The van der Waals surface area contributed by atoms with Gasteiger partial charge in [-0.05, 0) is 119 Å². The first kappa shape index (κ1) is 53.9. The first-order valence-corrected chi connectivity index (χ1v) is 24.1. The first-order chi connectivity index (χ1) is 30.5. The molecule has 16 heteroatoms. The van der Waals surface area contributed by atoms with Gasteiger partial charge in [0, 0.05) is 51.3 Å². The molecule has 4 aliphatic heterocycles. The second-order valence-electron chi connectivity index (χ2n) is 20.7. The standard InChI is InChI=1S/C49H85N3O13/c1-14-38-48(10,56)42(53)33(6)50-27-29(2)25-46(8,55)43(65-45-41(62-36-18-16-15-17-19-36)37(52(11)12)24-30(3)60-45)31(4)40(32(5)44(54)63-38)64-39-26-47(9,58-13)49(57,34(7)61-39)28-51-35-20-22-59-23-21-35/h15-19,29-35,37-43,45,50-51,53,55-57H,14,20-28H2,1-13H3/t29-,30-,31+,32-,33-,34+,37+,38-,39+,40+,41-,42-,43-,45+,46-,47-,48-,49+/m1/s1. The number of rotatable bonds is 12. The van der Waals surface area contributed by atoms with Crippen LogP contribution in [-0.4, -0.2) is 175 Å². The van der Waals surface area contributed by atoms with Crippen LogP contribution in [0.15, 0.2) is 30.3 Å². The van der Waals surface area contributed by atoms with Crippen LogP contribution in [0, 0.1) is 17.8 Å². The quantitative estimate of drug-likeness (QED) is 0.166. The average molecular weight is 924 g/mol. The summed E-state index contributed by atoms with van der Waals surface area (Å²) in [4.78, 5) is 16.7. The summed E-state index contributed by atoms with van der Waals surface area (Å²) in [6.07, 6.45) is -5.26. The fourth-order valence-corrected chi connectivity index (χ4v) is 10.7. The van der Waals surface area contributed by atoms with Gasteiger partial charge in [-0.1, -0.05) is 39.0 Å². The molecule has 1 aromatic rings. The second-order valence-corrected chi connectivity index (χ2v) is 20.7. The van der Waals surface area contributed by atoms with Gasteiger partial charge in [0.2, 0.25) is 0 Å². The molecule has 374 valence electrons. The molecule has 4 saturated heterocycles. The Morgan fingerprint density at radius 2 is 1.58 bits per heavy atom. The van der Waals surface area contributed by atoms with E-state index < -0.39 is 95.5 Å². The van der Waals surface area contributed by atoms with Crippen molar-refractivity contribution >= 4 is 5.97 Å². The Bertz CT molecular complexity index is 1620. The number of para-hydroxylation sites is 1. The average Bonchev–Trinajstić information content (AvgIpc) is 3.26. The van der Waals surface area contributed by atoms with Crippen LogP contribution in [0.4, 0.5) is 0 Å².